The molecule has 88 valence electrons. The van der Waals surface area contributed by atoms with E-state index in [4.69, 9.17) is 0 Å². The maximum absolute atomic E-state index is 11.8. The lowest BCUT2D eigenvalue weighted by Crippen LogP contribution is -2.12. The molecule has 0 unspecified atom stereocenters. The number of aryl methyl sites for hydroxylation is 2. The summed E-state index contributed by atoms with van der Waals surface area (Å²) in [6, 6.07) is 6.51. The number of benzene rings is 1. The highest BCUT2D eigenvalue weighted by Crippen LogP contribution is 2.18. The summed E-state index contributed by atoms with van der Waals surface area (Å²) < 4.78 is 0. The molecular formula is C12H13N3O2. The Morgan fingerprint density at radius 2 is 2.12 bits per heavy atom. The minimum atomic E-state index is -0.299. The van der Waals surface area contributed by atoms with Crippen molar-refractivity contribution in [3.8, 4) is 5.75 Å². The number of H-pyrrole nitrogens is 1. The third kappa shape index (κ3) is 2.44. The van der Waals surface area contributed by atoms with E-state index in [2.05, 4.69) is 15.5 Å². The van der Waals surface area contributed by atoms with E-state index >= 15 is 0 Å². The maximum atomic E-state index is 11.8. The summed E-state index contributed by atoms with van der Waals surface area (Å²) in [5.41, 5.74) is 2.00. The minimum Gasteiger partial charge on any atom is -0.508 e. The number of aromatic nitrogens is 2. The van der Waals surface area contributed by atoms with Crippen LogP contribution in [0.4, 0.5) is 5.82 Å². The quantitative estimate of drug-likeness (QED) is 0.739. The molecule has 1 heterocycles. The van der Waals surface area contributed by atoms with Crippen molar-refractivity contribution >= 4 is 11.7 Å². The fraction of sp³-hybridized carbons (Fsp3) is 0.167. The largest absolute Gasteiger partial charge is 0.508 e. The third-order valence-corrected chi connectivity index (χ3v) is 2.42. The Hall–Kier alpha value is -2.30. The van der Waals surface area contributed by atoms with Crippen molar-refractivity contribution in [3.05, 3.63) is 41.1 Å². The molecule has 5 nitrogen and oxygen atoms in total. The van der Waals surface area contributed by atoms with Crippen LogP contribution in [0.2, 0.25) is 0 Å². The van der Waals surface area contributed by atoms with Crippen LogP contribution in [-0.2, 0) is 0 Å². The van der Waals surface area contributed by atoms with Gasteiger partial charge in [-0.3, -0.25) is 9.89 Å². The Morgan fingerprint density at radius 1 is 1.35 bits per heavy atom. The van der Waals surface area contributed by atoms with Crippen molar-refractivity contribution < 1.29 is 9.90 Å². The number of hydrogen-bond donors (Lipinski definition) is 3. The molecule has 0 fully saturated rings. The van der Waals surface area contributed by atoms with Crippen LogP contribution in [0.15, 0.2) is 24.3 Å². The zero-order valence-corrected chi connectivity index (χ0v) is 9.61. The van der Waals surface area contributed by atoms with Crippen LogP contribution < -0.4 is 5.32 Å². The highest BCUT2D eigenvalue weighted by atomic mass is 16.3. The van der Waals surface area contributed by atoms with Crippen molar-refractivity contribution in [2.75, 3.05) is 5.32 Å². The first-order valence-electron chi connectivity index (χ1n) is 5.19. The molecule has 1 amide bonds. The van der Waals surface area contributed by atoms with Crippen molar-refractivity contribution in [1.82, 2.24) is 10.2 Å². The van der Waals surface area contributed by atoms with Gasteiger partial charge in [0.25, 0.3) is 5.91 Å². The topological polar surface area (TPSA) is 78.0 Å². The van der Waals surface area contributed by atoms with Gasteiger partial charge in [-0.2, -0.15) is 5.10 Å². The first-order chi connectivity index (χ1) is 8.06. The van der Waals surface area contributed by atoms with Gasteiger partial charge in [0.05, 0.1) is 0 Å². The lowest BCUT2D eigenvalue weighted by Gasteiger charge is -2.04. The summed E-state index contributed by atoms with van der Waals surface area (Å²) in [5, 5.41) is 18.8. The normalized spacial score (nSPS) is 10.2. The van der Waals surface area contributed by atoms with Gasteiger partial charge in [0.15, 0.2) is 5.82 Å². The Labute approximate surface area is 98.5 Å². The Kier molecular flexibility index (Phi) is 2.82. The highest BCUT2D eigenvalue weighted by Gasteiger charge is 2.09. The van der Waals surface area contributed by atoms with E-state index in [1.165, 1.54) is 6.07 Å². The zero-order chi connectivity index (χ0) is 12.4. The van der Waals surface area contributed by atoms with Crippen LogP contribution in [0, 0.1) is 13.8 Å². The van der Waals surface area contributed by atoms with Crippen LogP contribution in [0.25, 0.3) is 0 Å². The van der Waals surface area contributed by atoms with Crippen LogP contribution >= 0.6 is 0 Å². The first kappa shape index (κ1) is 11.2. The van der Waals surface area contributed by atoms with Crippen molar-refractivity contribution in [2.24, 2.45) is 0 Å². The highest BCUT2D eigenvalue weighted by molar-refractivity contribution is 6.04. The number of aromatic hydroxyl groups is 1. The van der Waals surface area contributed by atoms with Crippen molar-refractivity contribution in [2.45, 2.75) is 13.8 Å². The Balaban J connectivity index is 2.17. The van der Waals surface area contributed by atoms with Crippen LogP contribution in [0.5, 0.6) is 5.75 Å². The maximum Gasteiger partial charge on any atom is 0.256 e. The smallest absolute Gasteiger partial charge is 0.256 e. The number of aromatic amines is 1. The predicted molar refractivity (Wildman–Crippen MR) is 64.1 cm³/mol. The SMILES string of the molecule is Cc1cc(NC(=O)c2ccc(C)c(O)c2)n[nH]1. The second-order valence-electron chi connectivity index (χ2n) is 3.89. The minimum absolute atomic E-state index is 0.107. The average Bonchev–Trinajstić information content (AvgIpc) is 2.68. The number of amides is 1. The van der Waals surface area contributed by atoms with Gasteiger partial charge in [-0.15, -0.1) is 0 Å². The molecule has 0 bridgehead atoms. The molecule has 2 rings (SSSR count). The van der Waals surface area contributed by atoms with Crippen molar-refractivity contribution in [3.63, 3.8) is 0 Å². The van der Waals surface area contributed by atoms with Gasteiger partial charge in [0, 0.05) is 17.3 Å². The van der Waals surface area contributed by atoms with Crippen molar-refractivity contribution in [1.29, 1.82) is 0 Å². The molecule has 0 saturated heterocycles. The van der Waals surface area contributed by atoms with E-state index in [9.17, 15) is 9.90 Å². The molecule has 0 aliphatic carbocycles. The van der Waals surface area contributed by atoms with Gasteiger partial charge in [-0.1, -0.05) is 6.07 Å². The molecule has 0 atom stereocenters. The molecule has 0 spiro atoms. The summed E-state index contributed by atoms with van der Waals surface area (Å²) in [5.74, 6) is 0.273. The lowest BCUT2D eigenvalue weighted by atomic mass is 10.1. The molecule has 0 aliphatic heterocycles. The molecule has 0 radical (unpaired) electrons. The van der Waals surface area contributed by atoms with Gasteiger partial charge >= 0.3 is 0 Å². The summed E-state index contributed by atoms with van der Waals surface area (Å²) in [7, 11) is 0. The summed E-state index contributed by atoms with van der Waals surface area (Å²) >= 11 is 0. The van der Waals surface area contributed by atoms with Gasteiger partial charge in [0.2, 0.25) is 0 Å². The first-order valence-corrected chi connectivity index (χ1v) is 5.19. The fourth-order valence-electron chi connectivity index (χ4n) is 1.42. The van der Waals surface area contributed by atoms with Gasteiger partial charge in [-0.25, -0.2) is 0 Å². The number of nitrogens with zero attached hydrogens (tertiary/aromatic N) is 1. The molecule has 0 aliphatic rings. The van der Waals surface area contributed by atoms with E-state index in [0.717, 1.165) is 11.3 Å². The predicted octanol–water partition coefficient (Wildman–Crippen LogP) is 1.98. The van der Waals surface area contributed by atoms with E-state index < -0.39 is 0 Å². The second kappa shape index (κ2) is 4.29. The summed E-state index contributed by atoms with van der Waals surface area (Å²) in [6.45, 7) is 3.62. The zero-order valence-electron chi connectivity index (χ0n) is 9.61. The van der Waals surface area contributed by atoms with E-state index in [-0.39, 0.29) is 11.7 Å². The monoisotopic (exact) mass is 231 g/mol. The van der Waals surface area contributed by atoms with E-state index in [1.807, 2.05) is 6.92 Å². The number of hydrogen-bond acceptors (Lipinski definition) is 3. The molecule has 3 N–H and O–H groups in total. The molecule has 17 heavy (non-hydrogen) atoms. The number of carbonyl (C=O) groups excluding carboxylic acids is 1. The number of phenols is 1. The number of rotatable bonds is 2. The molecule has 2 aromatic rings. The second-order valence-corrected chi connectivity index (χ2v) is 3.89. The fourth-order valence-corrected chi connectivity index (χ4v) is 1.42. The van der Waals surface area contributed by atoms with Crippen LogP contribution in [0.1, 0.15) is 21.6 Å². The standard InChI is InChI=1S/C12H13N3O2/c1-7-3-4-9(6-10(7)16)12(17)13-11-5-8(2)14-15-11/h3-6,16H,1-2H3,(H2,13,14,15,17). The van der Waals surface area contributed by atoms with Gasteiger partial charge < -0.3 is 10.4 Å². The molecule has 1 aromatic carbocycles. The molecule has 1 aromatic heterocycles. The third-order valence-electron chi connectivity index (χ3n) is 2.42. The van der Waals surface area contributed by atoms with Gasteiger partial charge in [-0.05, 0) is 31.5 Å². The average molecular weight is 231 g/mol. The summed E-state index contributed by atoms with van der Waals surface area (Å²) in [6.07, 6.45) is 0. The number of carbonyl (C=O) groups is 1. The Morgan fingerprint density at radius 3 is 2.71 bits per heavy atom. The van der Waals surface area contributed by atoms with Crippen LogP contribution in [0.3, 0.4) is 0 Å². The van der Waals surface area contributed by atoms with Gasteiger partial charge in [0.1, 0.15) is 5.75 Å². The molecule has 0 saturated carbocycles. The number of nitrogens with one attached hydrogen (secondary N) is 2. The summed E-state index contributed by atoms with van der Waals surface area (Å²) in [4.78, 5) is 11.8. The number of phenolic OH excluding ortho intramolecular Hbond substituents is 1. The number of anilines is 1. The van der Waals surface area contributed by atoms with E-state index in [0.29, 0.717) is 11.4 Å². The molecule has 5 heteroatoms. The molecular weight excluding hydrogens is 218 g/mol. The van der Waals surface area contributed by atoms with E-state index in [1.54, 1.807) is 25.1 Å². The van der Waals surface area contributed by atoms with Crippen LogP contribution in [-0.4, -0.2) is 21.2 Å². The lowest BCUT2D eigenvalue weighted by molar-refractivity contribution is 0.102. The Bertz CT molecular complexity index is 561.